The molecule has 0 aliphatic rings. The maximum atomic E-state index is 13.1. The maximum absolute atomic E-state index is 13.1. The highest BCUT2D eigenvalue weighted by Crippen LogP contribution is 2.06. The average Bonchev–Trinajstić information content (AvgIpc) is 3.20. The summed E-state index contributed by atoms with van der Waals surface area (Å²) in [7, 11) is 0. The summed E-state index contributed by atoms with van der Waals surface area (Å²) in [5, 5.41) is 15.8. The van der Waals surface area contributed by atoms with Crippen molar-refractivity contribution < 1.29 is 19.2 Å². The van der Waals surface area contributed by atoms with Gasteiger partial charge in [-0.1, -0.05) is 78.9 Å². The van der Waals surface area contributed by atoms with E-state index in [1.807, 2.05) is 0 Å². The summed E-state index contributed by atoms with van der Waals surface area (Å²) in [6, 6.07) is 30.7. The molecule has 0 saturated heterocycles. The molecule has 0 spiro atoms. The molecule has 17 nitrogen and oxygen atoms in total. The highest BCUT2D eigenvalue weighted by molar-refractivity contribution is 6.46. The molecule has 4 amide bonds. The van der Waals surface area contributed by atoms with Crippen molar-refractivity contribution in [2.24, 2.45) is 31.9 Å². The molecule has 8 N–H and O–H groups in total. The molecular formula is C35H29N13O4. The highest BCUT2D eigenvalue weighted by Gasteiger charge is 2.19. The fourth-order valence-corrected chi connectivity index (χ4v) is 4.17. The molecule has 5 rings (SSSR count). The van der Waals surface area contributed by atoms with Gasteiger partial charge in [0.25, 0.3) is 23.6 Å². The van der Waals surface area contributed by atoms with Crippen molar-refractivity contribution in [1.29, 1.82) is 0 Å². The molecule has 2 aromatic carbocycles. The van der Waals surface area contributed by atoms with Gasteiger partial charge in [0, 0.05) is 23.5 Å². The first kappa shape index (κ1) is 35.4. The Balaban J connectivity index is 1.30. The quantitative estimate of drug-likeness (QED) is 0.0618. The van der Waals surface area contributed by atoms with Gasteiger partial charge in [-0.05, 0) is 36.4 Å². The van der Waals surface area contributed by atoms with Crippen molar-refractivity contribution in [2.75, 3.05) is 0 Å². The number of amides is 4. The number of hydrogen-bond acceptors (Lipinski definition) is 11. The molecule has 5 aromatic rings. The molecule has 52 heavy (non-hydrogen) atoms. The third-order valence-electron chi connectivity index (χ3n) is 6.69. The number of nitrogens with two attached hydrogens (primary N) is 2. The van der Waals surface area contributed by atoms with Crippen molar-refractivity contribution in [1.82, 2.24) is 36.7 Å². The molecule has 0 fully saturated rings. The van der Waals surface area contributed by atoms with Gasteiger partial charge in [-0.2, -0.15) is 20.4 Å². The number of nitrogens with one attached hydrogen (secondary N) is 4. The molecule has 0 unspecified atom stereocenters. The van der Waals surface area contributed by atoms with E-state index in [-0.39, 0.29) is 34.5 Å². The van der Waals surface area contributed by atoms with Crippen LogP contribution in [0.4, 0.5) is 0 Å². The largest absolute Gasteiger partial charge is 0.380 e. The van der Waals surface area contributed by atoms with Gasteiger partial charge in [-0.25, -0.2) is 26.7 Å². The number of nitrogens with zero attached hydrogens (tertiary/aromatic N) is 7. The molecule has 0 aliphatic heterocycles. The number of hydrazone groups is 4. The fourth-order valence-electron chi connectivity index (χ4n) is 4.17. The highest BCUT2D eigenvalue weighted by atomic mass is 16.2. The fraction of sp³-hybridized carbons (Fsp3) is 0. The third-order valence-corrected chi connectivity index (χ3v) is 6.69. The minimum Gasteiger partial charge on any atom is -0.380 e. The van der Waals surface area contributed by atoms with E-state index in [9.17, 15) is 19.2 Å². The van der Waals surface area contributed by atoms with Crippen LogP contribution in [0.3, 0.4) is 0 Å². The Morgan fingerprint density at radius 1 is 0.442 bits per heavy atom. The van der Waals surface area contributed by atoms with Gasteiger partial charge in [0.15, 0.2) is 23.1 Å². The van der Waals surface area contributed by atoms with Crippen LogP contribution < -0.4 is 33.2 Å². The smallest absolute Gasteiger partial charge is 0.292 e. The molecule has 0 aliphatic carbocycles. The van der Waals surface area contributed by atoms with Crippen LogP contribution in [-0.4, -0.2) is 61.7 Å². The number of amidine groups is 2. The van der Waals surface area contributed by atoms with E-state index < -0.39 is 23.6 Å². The number of rotatable bonds is 12. The normalized spacial score (nSPS) is 12.0. The number of carbonyl (C=O) groups is 4. The van der Waals surface area contributed by atoms with E-state index >= 15 is 0 Å². The summed E-state index contributed by atoms with van der Waals surface area (Å²) in [6.07, 6.45) is 3.04. The van der Waals surface area contributed by atoms with Gasteiger partial charge in [0.2, 0.25) is 0 Å². The Labute approximate surface area is 295 Å². The molecule has 3 aromatic heterocycles. The second-order valence-electron chi connectivity index (χ2n) is 10.2. The van der Waals surface area contributed by atoms with Gasteiger partial charge < -0.3 is 11.5 Å². The number of pyridine rings is 3. The molecule has 17 heteroatoms. The van der Waals surface area contributed by atoms with Crippen LogP contribution in [0.5, 0.6) is 0 Å². The molecule has 0 bridgehead atoms. The molecular weight excluding hydrogens is 666 g/mol. The lowest BCUT2D eigenvalue weighted by Crippen LogP contribution is -2.33. The van der Waals surface area contributed by atoms with Crippen LogP contribution in [-0.2, 0) is 9.59 Å². The zero-order valence-electron chi connectivity index (χ0n) is 27.0. The molecule has 0 atom stereocenters. The van der Waals surface area contributed by atoms with Crippen molar-refractivity contribution in [3.8, 4) is 0 Å². The van der Waals surface area contributed by atoms with E-state index in [1.54, 1.807) is 97.1 Å². The molecule has 3 heterocycles. The number of benzene rings is 2. The van der Waals surface area contributed by atoms with E-state index in [2.05, 4.69) is 57.1 Å². The van der Waals surface area contributed by atoms with Crippen LogP contribution in [0.2, 0.25) is 0 Å². The lowest BCUT2D eigenvalue weighted by atomic mass is 10.1. The van der Waals surface area contributed by atoms with E-state index in [1.165, 1.54) is 30.6 Å². The van der Waals surface area contributed by atoms with Crippen molar-refractivity contribution >= 4 is 46.7 Å². The van der Waals surface area contributed by atoms with E-state index in [0.29, 0.717) is 22.5 Å². The van der Waals surface area contributed by atoms with E-state index in [4.69, 9.17) is 11.5 Å². The van der Waals surface area contributed by atoms with Gasteiger partial charge in [-0.15, -0.1) is 0 Å². The van der Waals surface area contributed by atoms with Crippen LogP contribution in [0, 0.1) is 0 Å². The van der Waals surface area contributed by atoms with E-state index in [0.717, 1.165) is 0 Å². The summed E-state index contributed by atoms with van der Waals surface area (Å²) in [6.45, 7) is 0. The molecule has 258 valence electrons. The second kappa shape index (κ2) is 17.4. The lowest BCUT2D eigenvalue weighted by molar-refractivity contribution is -0.115. The monoisotopic (exact) mass is 695 g/mol. The Morgan fingerprint density at radius 3 is 1.21 bits per heavy atom. The first-order valence-corrected chi connectivity index (χ1v) is 15.2. The van der Waals surface area contributed by atoms with Gasteiger partial charge in [-0.3, -0.25) is 29.1 Å². The Bertz CT molecular complexity index is 2020. The molecule has 0 radical (unpaired) electrons. The summed E-state index contributed by atoms with van der Waals surface area (Å²) in [5.41, 5.74) is 21.6. The topological polar surface area (TPSA) is 257 Å². The van der Waals surface area contributed by atoms with Crippen LogP contribution in [0.1, 0.15) is 43.5 Å². The van der Waals surface area contributed by atoms with Crippen LogP contribution >= 0.6 is 0 Å². The van der Waals surface area contributed by atoms with Gasteiger partial charge in [0.1, 0.15) is 22.8 Å². The predicted molar refractivity (Wildman–Crippen MR) is 191 cm³/mol. The zero-order valence-corrected chi connectivity index (χ0v) is 27.0. The summed E-state index contributed by atoms with van der Waals surface area (Å²) in [5.74, 6) is -3.36. The van der Waals surface area contributed by atoms with Crippen molar-refractivity contribution in [3.63, 3.8) is 0 Å². The van der Waals surface area contributed by atoms with Crippen molar-refractivity contribution in [3.05, 3.63) is 162 Å². The Hall–Kier alpha value is -7.95. The Morgan fingerprint density at radius 2 is 0.827 bits per heavy atom. The maximum Gasteiger partial charge on any atom is 0.292 e. The summed E-state index contributed by atoms with van der Waals surface area (Å²) >= 11 is 0. The van der Waals surface area contributed by atoms with Gasteiger partial charge in [0.05, 0.1) is 0 Å². The third kappa shape index (κ3) is 9.57. The second-order valence-corrected chi connectivity index (χ2v) is 10.2. The lowest BCUT2D eigenvalue weighted by Gasteiger charge is -2.08. The van der Waals surface area contributed by atoms with Gasteiger partial charge >= 0.3 is 0 Å². The average molecular weight is 696 g/mol. The summed E-state index contributed by atoms with van der Waals surface area (Å²) in [4.78, 5) is 64.6. The minimum atomic E-state index is -0.844. The first-order chi connectivity index (χ1) is 25.3. The standard InChI is InChI=1S/C35H29N13O4/c36-30(24-16-7-9-20-38-24)43-47-34(51)28(22-12-3-1-4-13-22)41-45-32(49)26-18-11-19-27(40-26)33(50)46-42-29(23-14-5-2-6-15-23)35(52)48-44-31(37)25-17-8-10-21-39-25/h1-21H,(H2,36,43)(H2,37,44)(H,45,49)(H,46,50)(H,47,51)(H,48,52)/b41-28+,42-29+. The van der Waals surface area contributed by atoms with Crippen molar-refractivity contribution in [2.45, 2.75) is 0 Å². The summed E-state index contributed by atoms with van der Waals surface area (Å²) < 4.78 is 0. The number of carbonyl (C=O) groups excluding carboxylic acids is 4. The zero-order chi connectivity index (χ0) is 36.7. The van der Waals surface area contributed by atoms with Crippen LogP contribution in [0.25, 0.3) is 0 Å². The Kier molecular flexibility index (Phi) is 11.9. The number of aromatic nitrogens is 3. The number of hydrogen-bond donors (Lipinski definition) is 6. The molecule has 0 saturated carbocycles. The SMILES string of the molecule is N/C(=N\NC(=O)/C(=N/NC(=O)c1cccc(C(=O)N/N=C(/C(=O)N/N=C(\N)c2ccccn2)c2ccccc2)n1)c1ccccc1)c1ccccn1. The first-order valence-electron chi connectivity index (χ1n) is 15.2. The minimum absolute atomic E-state index is 0.0515. The van der Waals surface area contributed by atoms with Crippen LogP contribution in [0.15, 0.2) is 148 Å². The predicted octanol–water partition coefficient (Wildman–Crippen LogP) is 1.01.